The Balaban J connectivity index is 0.000000180. The third-order valence-corrected chi connectivity index (χ3v) is 11.3. The van der Waals surface area contributed by atoms with Crippen molar-refractivity contribution in [2.75, 3.05) is 33.3 Å². The number of carboxylic acids is 1. The second kappa shape index (κ2) is 20.7. The molecule has 318 valence electrons. The third-order valence-electron chi connectivity index (χ3n) is 11.3. The first-order valence-electron chi connectivity index (χ1n) is 21.6. The fourth-order valence-corrected chi connectivity index (χ4v) is 8.14. The van der Waals surface area contributed by atoms with Crippen LogP contribution in [0.2, 0.25) is 0 Å². The number of ether oxygens (including phenoxy) is 4. The highest BCUT2D eigenvalue weighted by atomic mass is 19.1. The Morgan fingerprint density at radius 3 is 1.61 bits per heavy atom. The third kappa shape index (κ3) is 12.0. The number of aromatic carboxylic acids is 1. The van der Waals surface area contributed by atoms with E-state index in [9.17, 15) is 14.0 Å². The Morgan fingerprint density at radius 2 is 1.15 bits per heavy atom. The van der Waals surface area contributed by atoms with Gasteiger partial charge in [-0.3, -0.25) is 9.18 Å². The minimum absolute atomic E-state index is 0.101. The van der Waals surface area contributed by atoms with Gasteiger partial charge in [0.05, 0.1) is 26.3 Å². The van der Waals surface area contributed by atoms with E-state index in [1.807, 2.05) is 70.7 Å². The molecule has 4 heterocycles. The minimum atomic E-state index is -1.00. The first-order valence-corrected chi connectivity index (χ1v) is 20.9. The fraction of sp³-hybridized carbons (Fsp3) is 0.469. The van der Waals surface area contributed by atoms with Gasteiger partial charge >= 0.3 is 5.97 Å². The summed E-state index contributed by atoms with van der Waals surface area (Å²) in [6.45, 7) is 15.4. The number of hydrogen-bond acceptors (Lipinski definition) is 7. The Bertz CT molecular complexity index is 2020. The van der Waals surface area contributed by atoms with Crippen LogP contribution in [0.15, 0.2) is 84.9 Å². The normalized spacial score (nSPS) is 17.2. The Morgan fingerprint density at radius 1 is 0.712 bits per heavy atom. The highest BCUT2D eigenvalue weighted by Crippen LogP contribution is 2.40. The molecule has 0 atom stereocenters. The lowest BCUT2D eigenvalue weighted by Gasteiger charge is -2.44. The van der Waals surface area contributed by atoms with Gasteiger partial charge in [0.1, 0.15) is 34.2 Å². The average molecular weight is 812 g/mol. The van der Waals surface area contributed by atoms with E-state index in [4.69, 9.17) is 25.4 Å². The molecule has 10 heteroatoms. The highest BCUT2D eigenvalue weighted by Gasteiger charge is 2.41. The molecule has 2 spiro atoms. The molecule has 4 aliphatic heterocycles. The predicted octanol–water partition coefficient (Wildman–Crippen LogP) is 9.98. The number of alkyl halides is 1. The van der Waals surface area contributed by atoms with E-state index in [-0.39, 0.29) is 29.3 Å². The van der Waals surface area contributed by atoms with Gasteiger partial charge in [-0.15, -0.1) is 0 Å². The molecule has 4 aromatic carbocycles. The van der Waals surface area contributed by atoms with Gasteiger partial charge in [0.25, 0.3) is 5.91 Å². The Hall–Kier alpha value is -5.09. The van der Waals surface area contributed by atoms with E-state index < -0.39 is 13.1 Å². The van der Waals surface area contributed by atoms with Crippen LogP contribution in [0.5, 0.6) is 23.0 Å². The highest BCUT2D eigenvalue weighted by molar-refractivity contribution is 5.94. The van der Waals surface area contributed by atoms with Crippen LogP contribution in [0.4, 0.5) is 4.39 Å². The molecule has 4 aliphatic rings. The van der Waals surface area contributed by atoms with Crippen LogP contribution in [0.3, 0.4) is 0 Å². The number of nitrogens with one attached hydrogen (secondary N) is 1. The average Bonchev–Trinajstić information content (AvgIpc) is 3.23. The molecule has 2 N–H and O–H groups in total. The van der Waals surface area contributed by atoms with E-state index in [1.165, 1.54) is 24.0 Å². The number of aryl methyl sites for hydroxylation is 4. The van der Waals surface area contributed by atoms with Gasteiger partial charge in [-0.25, -0.2) is 4.79 Å². The van der Waals surface area contributed by atoms with Gasteiger partial charge in [0.2, 0.25) is 0 Å². The maximum atomic E-state index is 13.0. The first-order chi connectivity index (χ1) is 28.8. The number of carbonyl (C=O) groups excluding carboxylic acids is 1. The molecule has 0 aliphatic carbocycles. The number of likely N-dealkylation sites (tertiary alicyclic amines) is 1. The molecule has 0 saturated carbocycles. The van der Waals surface area contributed by atoms with Crippen molar-refractivity contribution in [1.82, 2.24) is 10.2 Å². The molecule has 4 aromatic rings. The van der Waals surface area contributed by atoms with E-state index >= 15 is 0 Å². The number of fused-ring (bicyclic) bond motifs is 2. The van der Waals surface area contributed by atoms with E-state index in [1.54, 1.807) is 18.2 Å². The van der Waals surface area contributed by atoms with Crippen LogP contribution in [0.1, 0.15) is 111 Å². The lowest BCUT2D eigenvalue weighted by molar-refractivity contribution is -0.0107. The molecule has 9 nitrogen and oxygen atoms in total. The van der Waals surface area contributed by atoms with Crippen LogP contribution in [0, 0.1) is 13.8 Å². The van der Waals surface area contributed by atoms with Gasteiger partial charge < -0.3 is 34.3 Å². The molecule has 1 amide bonds. The first kappa shape index (κ1) is 43.5. The zero-order chi connectivity index (χ0) is 43.3. The quantitative estimate of drug-likeness (QED) is 0.198. The number of benzene rings is 4. The molecule has 59 heavy (non-hydrogen) atoms. The molecule has 2 fully saturated rings. The lowest BCUT2D eigenvalue weighted by Crippen LogP contribution is -2.51. The molecule has 0 unspecified atom stereocenters. The van der Waals surface area contributed by atoms with Crippen LogP contribution < -0.4 is 24.3 Å². The number of hydrogen-bond donors (Lipinski definition) is 2. The van der Waals surface area contributed by atoms with Crippen LogP contribution in [-0.2, 0) is 12.8 Å². The van der Waals surface area contributed by atoms with Crippen molar-refractivity contribution < 1.29 is 39.4 Å². The van der Waals surface area contributed by atoms with Crippen molar-refractivity contribution in [3.63, 3.8) is 0 Å². The standard InChI is InChI=1S/C24H29NO3.C13H17NO.C11H14O3.CH3F/c1-17(2)27-21-9-8-20(16-18(21)3)23(26)25-14-12-24(13-15-25)11-10-19-6-4-5-7-22(19)28-24;1-2-4-12-11(3-1)5-6-13(15-12)7-9-14-10-8-13;1-7(2)14-10-5-4-9(11(12)13)6-8(10)3;1-2/h4-9,16-17H,10-15H2,1-3H3;1-4,14H,5-10H2;4-7H,1-3H3,(H,12,13);1H3/i;;;1D. The number of para-hydroxylation sites is 2. The summed E-state index contributed by atoms with van der Waals surface area (Å²) in [5.41, 5.74) is 5.57. The molecule has 8 rings (SSSR count). The second-order valence-electron chi connectivity index (χ2n) is 16.4. The lowest BCUT2D eigenvalue weighted by atomic mass is 9.83. The second-order valence-corrected chi connectivity index (χ2v) is 16.4. The molecule has 0 radical (unpaired) electrons. The van der Waals surface area contributed by atoms with E-state index in [0.29, 0.717) is 5.56 Å². The summed E-state index contributed by atoms with van der Waals surface area (Å²) in [5, 5.41) is 12.1. The Labute approximate surface area is 351 Å². The Kier molecular flexibility index (Phi) is 15.3. The summed E-state index contributed by atoms with van der Waals surface area (Å²) in [4.78, 5) is 25.6. The van der Waals surface area contributed by atoms with Gasteiger partial charge in [0, 0.05) is 31.5 Å². The number of carbonyl (C=O) groups is 2. The van der Waals surface area contributed by atoms with Crippen molar-refractivity contribution >= 4 is 11.9 Å². The summed E-state index contributed by atoms with van der Waals surface area (Å²) in [7, 11) is -1.00. The van der Waals surface area contributed by atoms with Crippen molar-refractivity contribution in [3.05, 3.63) is 118 Å². The van der Waals surface area contributed by atoms with Crippen molar-refractivity contribution in [2.45, 2.75) is 116 Å². The topological polar surface area (TPSA) is 107 Å². The predicted molar refractivity (Wildman–Crippen MR) is 231 cm³/mol. The molecule has 0 bridgehead atoms. The summed E-state index contributed by atoms with van der Waals surface area (Å²) < 4.78 is 39.4. The maximum Gasteiger partial charge on any atom is 0.335 e. The maximum absolute atomic E-state index is 13.0. The van der Waals surface area contributed by atoms with Crippen molar-refractivity contribution in [3.8, 4) is 23.0 Å². The summed E-state index contributed by atoms with van der Waals surface area (Å²) in [6, 6.07) is 27.4. The van der Waals surface area contributed by atoms with Crippen molar-refractivity contribution in [2.24, 2.45) is 0 Å². The summed E-state index contributed by atoms with van der Waals surface area (Å²) in [5.74, 6) is 2.91. The van der Waals surface area contributed by atoms with Crippen LogP contribution in [0.25, 0.3) is 0 Å². The SMILES string of the molecule is Cc1cc(C(=O)N2CCC3(CCc4ccccc4O3)CC2)ccc1OC(C)C.Cc1cc(C(=O)O)ccc1OC(C)C.[2H]CF.c1ccc2c(c1)CCC1(CCNCC1)O2. The van der Waals surface area contributed by atoms with Gasteiger partial charge in [-0.2, -0.15) is 0 Å². The van der Waals surface area contributed by atoms with Gasteiger partial charge in [0.15, 0.2) is 0 Å². The number of rotatable bonds is 6. The number of nitrogens with zero attached hydrogens (tertiary/aromatic N) is 1. The summed E-state index contributed by atoms with van der Waals surface area (Å²) >= 11 is 0. The van der Waals surface area contributed by atoms with Crippen molar-refractivity contribution in [1.29, 1.82) is 0 Å². The monoisotopic (exact) mass is 811 g/mol. The molecule has 0 aromatic heterocycles. The molecule has 2 saturated heterocycles. The van der Waals surface area contributed by atoms with Crippen LogP contribution >= 0.6 is 0 Å². The molecular weight excluding hydrogens is 748 g/mol. The summed E-state index contributed by atoms with van der Waals surface area (Å²) in [6.07, 6.45) is 8.77. The van der Waals surface area contributed by atoms with Gasteiger partial charge in [-0.05, 0) is 164 Å². The number of halogens is 1. The minimum Gasteiger partial charge on any atom is -0.491 e. The van der Waals surface area contributed by atoms with Crippen LogP contribution in [-0.4, -0.2) is 78.6 Å². The zero-order valence-corrected chi connectivity index (χ0v) is 35.7. The van der Waals surface area contributed by atoms with E-state index in [0.717, 1.165) is 104 Å². The van der Waals surface area contributed by atoms with Gasteiger partial charge in [-0.1, -0.05) is 36.4 Å². The fourth-order valence-electron chi connectivity index (χ4n) is 8.14. The number of carboxylic acid groups (broad SMARTS) is 1. The smallest absolute Gasteiger partial charge is 0.335 e. The number of piperidine rings is 2. The largest absolute Gasteiger partial charge is 0.491 e. The molecular formula is C49H63FN2O7. The van der Waals surface area contributed by atoms with E-state index in [2.05, 4.69) is 47.8 Å². The number of amides is 1. The zero-order valence-electron chi connectivity index (χ0n) is 36.7.